The Morgan fingerprint density at radius 3 is 2.23 bits per heavy atom. The first-order valence-electron chi connectivity index (χ1n) is 9.03. The molecule has 2 rings (SSSR count). The SMILES string of the molecule is COc1cc(/C=C/C(=O)OC(C)C(=O)Nc2ccccc2[N+](=O)[O-])cc(OC)c1OC. The van der Waals surface area contributed by atoms with Gasteiger partial charge in [-0.1, -0.05) is 12.1 Å². The van der Waals surface area contributed by atoms with Gasteiger partial charge in [-0.05, 0) is 36.8 Å². The molecule has 10 nitrogen and oxygen atoms in total. The molecule has 1 unspecified atom stereocenters. The van der Waals surface area contributed by atoms with Crippen molar-refractivity contribution in [2.24, 2.45) is 0 Å². The Morgan fingerprint density at radius 2 is 1.68 bits per heavy atom. The van der Waals surface area contributed by atoms with Crippen molar-refractivity contribution in [3.05, 3.63) is 58.2 Å². The fourth-order valence-corrected chi connectivity index (χ4v) is 2.60. The van der Waals surface area contributed by atoms with E-state index in [1.165, 1.54) is 52.5 Å². The fourth-order valence-electron chi connectivity index (χ4n) is 2.60. The first-order valence-corrected chi connectivity index (χ1v) is 9.03. The van der Waals surface area contributed by atoms with E-state index in [1.807, 2.05) is 0 Å². The van der Waals surface area contributed by atoms with E-state index in [2.05, 4.69) is 5.32 Å². The summed E-state index contributed by atoms with van der Waals surface area (Å²) in [6, 6.07) is 8.93. The van der Waals surface area contributed by atoms with Crippen LogP contribution in [0.15, 0.2) is 42.5 Å². The molecule has 0 aromatic heterocycles. The molecule has 2 aromatic rings. The Kier molecular flexibility index (Phi) is 7.95. The van der Waals surface area contributed by atoms with E-state index in [-0.39, 0.29) is 11.4 Å². The van der Waals surface area contributed by atoms with E-state index in [1.54, 1.807) is 18.2 Å². The summed E-state index contributed by atoms with van der Waals surface area (Å²) >= 11 is 0. The van der Waals surface area contributed by atoms with Gasteiger partial charge < -0.3 is 24.3 Å². The van der Waals surface area contributed by atoms with Crippen LogP contribution in [0.4, 0.5) is 11.4 Å². The molecule has 0 fully saturated rings. The van der Waals surface area contributed by atoms with Gasteiger partial charge in [-0.15, -0.1) is 0 Å². The molecule has 1 amide bonds. The van der Waals surface area contributed by atoms with Crippen LogP contribution >= 0.6 is 0 Å². The molecule has 31 heavy (non-hydrogen) atoms. The second-order valence-electron chi connectivity index (χ2n) is 6.13. The van der Waals surface area contributed by atoms with Crippen LogP contribution in [0, 0.1) is 10.1 Å². The number of para-hydroxylation sites is 2. The maximum Gasteiger partial charge on any atom is 0.331 e. The van der Waals surface area contributed by atoms with Crippen LogP contribution in [0.25, 0.3) is 6.08 Å². The van der Waals surface area contributed by atoms with Crippen LogP contribution in [0.3, 0.4) is 0 Å². The third kappa shape index (κ3) is 5.95. The Labute approximate surface area is 178 Å². The van der Waals surface area contributed by atoms with Gasteiger partial charge in [-0.2, -0.15) is 0 Å². The number of ether oxygens (including phenoxy) is 4. The number of esters is 1. The topological polar surface area (TPSA) is 126 Å². The Balaban J connectivity index is 2.06. The maximum atomic E-state index is 12.3. The number of nitrogens with one attached hydrogen (secondary N) is 1. The zero-order chi connectivity index (χ0) is 23.0. The number of nitrogens with zero attached hydrogens (tertiary/aromatic N) is 1. The number of benzene rings is 2. The van der Waals surface area contributed by atoms with Gasteiger partial charge in [0.15, 0.2) is 17.6 Å². The average Bonchev–Trinajstić information content (AvgIpc) is 2.76. The summed E-state index contributed by atoms with van der Waals surface area (Å²) in [7, 11) is 4.41. The number of carbonyl (C=O) groups excluding carboxylic acids is 2. The predicted octanol–water partition coefficient (Wildman–Crippen LogP) is 3.20. The van der Waals surface area contributed by atoms with Gasteiger partial charge in [-0.25, -0.2) is 4.79 Å². The third-order valence-electron chi connectivity index (χ3n) is 4.12. The smallest absolute Gasteiger partial charge is 0.331 e. The summed E-state index contributed by atoms with van der Waals surface area (Å²) in [5.74, 6) is -0.257. The van der Waals surface area contributed by atoms with Crippen molar-refractivity contribution >= 4 is 29.3 Å². The van der Waals surface area contributed by atoms with Gasteiger partial charge in [0, 0.05) is 12.1 Å². The molecule has 0 aliphatic carbocycles. The van der Waals surface area contributed by atoms with E-state index in [0.717, 1.165) is 6.08 Å². The largest absolute Gasteiger partial charge is 0.493 e. The van der Waals surface area contributed by atoms with Crippen LogP contribution in [-0.2, 0) is 14.3 Å². The molecule has 0 bridgehead atoms. The Morgan fingerprint density at radius 1 is 1.06 bits per heavy atom. The summed E-state index contributed by atoms with van der Waals surface area (Å²) < 4.78 is 20.8. The summed E-state index contributed by atoms with van der Waals surface area (Å²) in [6.07, 6.45) is 1.41. The number of rotatable bonds is 9. The zero-order valence-corrected chi connectivity index (χ0v) is 17.4. The van der Waals surface area contributed by atoms with Crippen LogP contribution in [-0.4, -0.2) is 44.2 Å². The molecule has 0 aliphatic rings. The van der Waals surface area contributed by atoms with E-state index >= 15 is 0 Å². The van der Waals surface area contributed by atoms with Crippen molar-refractivity contribution in [3.8, 4) is 17.2 Å². The molecular formula is C21H22N2O8. The summed E-state index contributed by atoms with van der Waals surface area (Å²) in [6.45, 7) is 1.36. The van der Waals surface area contributed by atoms with Gasteiger partial charge in [0.2, 0.25) is 5.75 Å². The molecule has 0 heterocycles. The number of nitro benzene ring substituents is 1. The number of carbonyl (C=O) groups is 2. The van der Waals surface area contributed by atoms with Gasteiger partial charge in [-0.3, -0.25) is 14.9 Å². The van der Waals surface area contributed by atoms with E-state index < -0.39 is 22.9 Å². The predicted molar refractivity (Wildman–Crippen MR) is 112 cm³/mol. The number of hydrogen-bond donors (Lipinski definition) is 1. The zero-order valence-electron chi connectivity index (χ0n) is 17.4. The molecule has 10 heteroatoms. The third-order valence-corrected chi connectivity index (χ3v) is 4.12. The maximum absolute atomic E-state index is 12.3. The van der Waals surface area contributed by atoms with Gasteiger partial charge in [0.1, 0.15) is 5.69 Å². The van der Waals surface area contributed by atoms with Gasteiger partial charge in [0.05, 0.1) is 26.3 Å². The van der Waals surface area contributed by atoms with Crippen molar-refractivity contribution in [1.29, 1.82) is 0 Å². The minimum absolute atomic E-state index is 0.00774. The number of amides is 1. The van der Waals surface area contributed by atoms with Gasteiger partial charge in [0.25, 0.3) is 11.6 Å². The van der Waals surface area contributed by atoms with E-state index in [4.69, 9.17) is 18.9 Å². The highest BCUT2D eigenvalue weighted by Crippen LogP contribution is 2.38. The number of anilines is 1. The van der Waals surface area contributed by atoms with Crippen molar-refractivity contribution < 1.29 is 33.5 Å². The standard InChI is InChI=1S/C21H22N2O8/c1-13(21(25)22-15-7-5-6-8-16(15)23(26)27)31-19(24)10-9-14-11-17(28-2)20(30-4)18(12-14)29-3/h5-13H,1-4H3,(H,22,25)/b10-9+. The molecule has 0 radical (unpaired) electrons. The summed E-state index contributed by atoms with van der Waals surface area (Å²) in [5.41, 5.74) is 0.313. The quantitative estimate of drug-likeness (QED) is 0.278. The first kappa shape index (κ1) is 23.2. The highest BCUT2D eigenvalue weighted by molar-refractivity contribution is 5.98. The molecular weight excluding hydrogens is 408 g/mol. The van der Waals surface area contributed by atoms with Crippen molar-refractivity contribution in [2.75, 3.05) is 26.6 Å². The van der Waals surface area contributed by atoms with Crippen LogP contribution in [0.2, 0.25) is 0 Å². The average molecular weight is 430 g/mol. The molecule has 0 saturated heterocycles. The lowest BCUT2D eigenvalue weighted by Crippen LogP contribution is -2.29. The number of hydrogen-bond acceptors (Lipinski definition) is 8. The Hall–Kier alpha value is -4.08. The highest BCUT2D eigenvalue weighted by Gasteiger charge is 2.21. The first-order chi connectivity index (χ1) is 14.8. The van der Waals surface area contributed by atoms with Gasteiger partial charge >= 0.3 is 5.97 Å². The molecule has 164 valence electrons. The van der Waals surface area contributed by atoms with Crippen LogP contribution in [0.5, 0.6) is 17.2 Å². The van der Waals surface area contributed by atoms with Crippen LogP contribution in [0.1, 0.15) is 12.5 Å². The monoisotopic (exact) mass is 430 g/mol. The lowest BCUT2D eigenvalue weighted by molar-refractivity contribution is -0.383. The molecule has 1 N–H and O–H groups in total. The molecule has 1 atom stereocenters. The number of methoxy groups -OCH3 is 3. The molecule has 0 saturated carbocycles. The van der Waals surface area contributed by atoms with E-state index in [0.29, 0.717) is 22.8 Å². The summed E-state index contributed by atoms with van der Waals surface area (Å²) in [4.78, 5) is 34.8. The molecule has 0 spiro atoms. The van der Waals surface area contributed by atoms with Crippen molar-refractivity contribution in [3.63, 3.8) is 0 Å². The minimum Gasteiger partial charge on any atom is -0.493 e. The number of nitro groups is 1. The molecule has 0 aliphatic heterocycles. The molecule has 2 aromatic carbocycles. The lowest BCUT2D eigenvalue weighted by atomic mass is 10.1. The van der Waals surface area contributed by atoms with Crippen LogP contribution < -0.4 is 19.5 Å². The normalized spacial score (nSPS) is 11.5. The van der Waals surface area contributed by atoms with E-state index in [9.17, 15) is 19.7 Å². The minimum atomic E-state index is -1.18. The summed E-state index contributed by atoms with van der Waals surface area (Å²) in [5, 5.41) is 13.4. The van der Waals surface area contributed by atoms with Crippen molar-refractivity contribution in [2.45, 2.75) is 13.0 Å². The second-order valence-corrected chi connectivity index (χ2v) is 6.13. The van der Waals surface area contributed by atoms with Crippen molar-refractivity contribution in [1.82, 2.24) is 0 Å². The Bertz CT molecular complexity index is 978. The fraction of sp³-hybridized carbons (Fsp3) is 0.238. The lowest BCUT2D eigenvalue weighted by Gasteiger charge is -2.13. The second kappa shape index (κ2) is 10.6. The highest BCUT2D eigenvalue weighted by atomic mass is 16.6.